The molecule has 2 aromatic rings. The second kappa shape index (κ2) is 4.66. The SMILES string of the molecule is C=Cc1ccc(-c2ccccc2C=O)cc1O. The third kappa shape index (κ3) is 2.11. The number of carbonyl (C=O) groups excluding carboxylic acids is 1. The normalized spacial score (nSPS) is 9.88. The van der Waals surface area contributed by atoms with E-state index < -0.39 is 0 Å². The summed E-state index contributed by atoms with van der Waals surface area (Å²) in [5.41, 5.74) is 2.92. The molecule has 0 aliphatic rings. The second-order valence-corrected chi connectivity index (χ2v) is 3.68. The fraction of sp³-hybridized carbons (Fsp3) is 0. The molecule has 0 aromatic heterocycles. The number of carbonyl (C=O) groups is 1. The zero-order valence-corrected chi connectivity index (χ0v) is 9.26. The van der Waals surface area contributed by atoms with E-state index in [2.05, 4.69) is 6.58 Å². The van der Waals surface area contributed by atoms with Gasteiger partial charge in [-0.05, 0) is 17.2 Å². The first-order chi connectivity index (χ1) is 8.26. The van der Waals surface area contributed by atoms with Gasteiger partial charge in [-0.3, -0.25) is 4.79 Å². The minimum atomic E-state index is 0.165. The van der Waals surface area contributed by atoms with Crippen molar-refractivity contribution in [3.05, 3.63) is 60.2 Å². The van der Waals surface area contributed by atoms with Gasteiger partial charge < -0.3 is 5.11 Å². The summed E-state index contributed by atoms with van der Waals surface area (Å²) < 4.78 is 0. The summed E-state index contributed by atoms with van der Waals surface area (Å²) in [7, 11) is 0. The molecular formula is C15H12O2. The van der Waals surface area contributed by atoms with E-state index in [1.807, 2.05) is 24.3 Å². The highest BCUT2D eigenvalue weighted by Crippen LogP contribution is 2.28. The largest absolute Gasteiger partial charge is 0.507 e. The summed E-state index contributed by atoms with van der Waals surface area (Å²) in [6.45, 7) is 3.61. The molecule has 0 fully saturated rings. The lowest BCUT2D eigenvalue weighted by Crippen LogP contribution is -1.87. The van der Waals surface area contributed by atoms with Crippen molar-refractivity contribution in [3.8, 4) is 16.9 Å². The minimum absolute atomic E-state index is 0.165. The molecule has 0 radical (unpaired) electrons. The van der Waals surface area contributed by atoms with Gasteiger partial charge in [0.05, 0.1) is 0 Å². The first-order valence-corrected chi connectivity index (χ1v) is 5.26. The van der Waals surface area contributed by atoms with Crippen molar-refractivity contribution in [3.63, 3.8) is 0 Å². The van der Waals surface area contributed by atoms with Crippen molar-refractivity contribution in [1.29, 1.82) is 0 Å². The van der Waals surface area contributed by atoms with Crippen molar-refractivity contribution in [2.75, 3.05) is 0 Å². The molecule has 2 nitrogen and oxygen atoms in total. The predicted octanol–water partition coefficient (Wildman–Crippen LogP) is 3.51. The number of phenols is 1. The number of aldehydes is 1. The van der Waals surface area contributed by atoms with Gasteiger partial charge in [0.1, 0.15) is 5.75 Å². The maximum absolute atomic E-state index is 10.9. The smallest absolute Gasteiger partial charge is 0.150 e. The summed E-state index contributed by atoms with van der Waals surface area (Å²) in [5.74, 6) is 0.165. The highest BCUT2D eigenvalue weighted by atomic mass is 16.3. The van der Waals surface area contributed by atoms with Gasteiger partial charge in [0.15, 0.2) is 6.29 Å². The molecule has 0 saturated carbocycles. The number of phenolic OH excluding ortho intramolecular Hbond substituents is 1. The zero-order valence-electron chi connectivity index (χ0n) is 9.26. The summed E-state index contributed by atoms with van der Waals surface area (Å²) in [6.07, 6.45) is 2.40. The first kappa shape index (κ1) is 11.1. The maximum Gasteiger partial charge on any atom is 0.150 e. The van der Waals surface area contributed by atoms with Gasteiger partial charge in [0.25, 0.3) is 0 Å². The van der Waals surface area contributed by atoms with E-state index >= 15 is 0 Å². The van der Waals surface area contributed by atoms with E-state index in [9.17, 15) is 9.90 Å². The molecule has 0 saturated heterocycles. The first-order valence-electron chi connectivity index (χ1n) is 5.26. The molecule has 2 heteroatoms. The Morgan fingerprint density at radius 3 is 2.47 bits per heavy atom. The molecular weight excluding hydrogens is 212 g/mol. The Kier molecular flexibility index (Phi) is 3.06. The van der Waals surface area contributed by atoms with Crippen LogP contribution in [0.15, 0.2) is 49.0 Å². The lowest BCUT2D eigenvalue weighted by molar-refractivity contribution is 0.112. The Balaban J connectivity index is 2.57. The van der Waals surface area contributed by atoms with Gasteiger partial charge in [0, 0.05) is 11.1 Å². The van der Waals surface area contributed by atoms with Crippen LogP contribution in [0.1, 0.15) is 15.9 Å². The fourth-order valence-electron chi connectivity index (χ4n) is 1.75. The van der Waals surface area contributed by atoms with E-state index in [0.717, 1.165) is 17.4 Å². The number of benzene rings is 2. The van der Waals surface area contributed by atoms with Crippen LogP contribution in [0.25, 0.3) is 17.2 Å². The molecule has 0 unspecified atom stereocenters. The lowest BCUT2D eigenvalue weighted by atomic mass is 9.99. The van der Waals surface area contributed by atoms with Crippen LogP contribution in [-0.4, -0.2) is 11.4 Å². The van der Waals surface area contributed by atoms with E-state index in [0.29, 0.717) is 11.1 Å². The van der Waals surface area contributed by atoms with Crippen molar-refractivity contribution in [1.82, 2.24) is 0 Å². The van der Waals surface area contributed by atoms with Gasteiger partial charge in [-0.15, -0.1) is 0 Å². The number of hydrogen-bond acceptors (Lipinski definition) is 2. The highest BCUT2D eigenvalue weighted by molar-refractivity contribution is 5.88. The maximum atomic E-state index is 10.9. The van der Waals surface area contributed by atoms with Crippen molar-refractivity contribution in [2.45, 2.75) is 0 Å². The topological polar surface area (TPSA) is 37.3 Å². The van der Waals surface area contributed by atoms with Crippen molar-refractivity contribution < 1.29 is 9.90 Å². The highest BCUT2D eigenvalue weighted by Gasteiger charge is 2.05. The van der Waals surface area contributed by atoms with Gasteiger partial charge in [-0.1, -0.05) is 49.1 Å². The van der Waals surface area contributed by atoms with Crippen LogP contribution in [0.4, 0.5) is 0 Å². The standard InChI is InChI=1S/C15H12O2/c1-2-11-7-8-12(9-15(11)17)14-6-4-3-5-13(14)10-16/h2-10,17H,1H2. The summed E-state index contributed by atoms with van der Waals surface area (Å²) in [4.78, 5) is 10.9. The second-order valence-electron chi connectivity index (χ2n) is 3.68. The molecule has 2 rings (SSSR count). The molecule has 0 amide bonds. The number of rotatable bonds is 3. The molecule has 0 spiro atoms. The lowest BCUT2D eigenvalue weighted by Gasteiger charge is -2.07. The zero-order chi connectivity index (χ0) is 12.3. The molecule has 0 aliphatic heterocycles. The summed E-state index contributed by atoms with van der Waals surface area (Å²) in [5, 5.41) is 9.76. The van der Waals surface area contributed by atoms with Crippen molar-refractivity contribution in [2.24, 2.45) is 0 Å². The quantitative estimate of drug-likeness (QED) is 0.810. The van der Waals surface area contributed by atoms with E-state index in [1.165, 1.54) is 0 Å². The average Bonchev–Trinajstić information content (AvgIpc) is 2.38. The molecule has 1 N–H and O–H groups in total. The van der Waals surface area contributed by atoms with Crippen LogP contribution in [0, 0.1) is 0 Å². The van der Waals surface area contributed by atoms with Gasteiger partial charge in [0.2, 0.25) is 0 Å². The Bertz CT molecular complexity index is 571. The van der Waals surface area contributed by atoms with E-state index in [-0.39, 0.29) is 5.75 Å². The molecule has 0 bridgehead atoms. The van der Waals surface area contributed by atoms with Crippen LogP contribution in [-0.2, 0) is 0 Å². The van der Waals surface area contributed by atoms with Gasteiger partial charge >= 0.3 is 0 Å². The molecule has 0 aliphatic carbocycles. The van der Waals surface area contributed by atoms with E-state index in [1.54, 1.807) is 24.3 Å². The number of hydrogen-bond donors (Lipinski definition) is 1. The third-order valence-electron chi connectivity index (χ3n) is 2.65. The Hall–Kier alpha value is -2.35. The Labute approximate surface area is 99.8 Å². The van der Waals surface area contributed by atoms with Crippen LogP contribution in [0.3, 0.4) is 0 Å². The predicted molar refractivity (Wildman–Crippen MR) is 69.0 cm³/mol. The van der Waals surface area contributed by atoms with Crippen LogP contribution >= 0.6 is 0 Å². The van der Waals surface area contributed by atoms with Gasteiger partial charge in [-0.2, -0.15) is 0 Å². The molecule has 17 heavy (non-hydrogen) atoms. The summed E-state index contributed by atoms with van der Waals surface area (Å²) >= 11 is 0. The van der Waals surface area contributed by atoms with Gasteiger partial charge in [-0.25, -0.2) is 0 Å². The van der Waals surface area contributed by atoms with Crippen LogP contribution in [0.5, 0.6) is 5.75 Å². The van der Waals surface area contributed by atoms with Crippen molar-refractivity contribution >= 4 is 12.4 Å². The van der Waals surface area contributed by atoms with Crippen LogP contribution < -0.4 is 0 Å². The Morgan fingerprint density at radius 1 is 1.06 bits per heavy atom. The summed E-state index contributed by atoms with van der Waals surface area (Å²) in [6, 6.07) is 12.6. The van der Waals surface area contributed by atoms with Crippen LogP contribution in [0.2, 0.25) is 0 Å². The molecule has 0 atom stereocenters. The molecule has 84 valence electrons. The molecule has 2 aromatic carbocycles. The van der Waals surface area contributed by atoms with E-state index in [4.69, 9.17) is 0 Å². The third-order valence-corrected chi connectivity index (χ3v) is 2.65. The fourth-order valence-corrected chi connectivity index (χ4v) is 1.75. The number of aromatic hydroxyl groups is 1. The Morgan fingerprint density at radius 2 is 1.82 bits per heavy atom. The average molecular weight is 224 g/mol. The minimum Gasteiger partial charge on any atom is -0.507 e. The monoisotopic (exact) mass is 224 g/mol. The molecule has 0 heterocycles.